The Bertz CT molecular complexity index is 361. The number of rotatable bonds is 5. The molecule has 5 nitrogen and oxygen atoms in total. The van der Waals surface area contributed by atoms with Gasteiger partial charge in [-0.1, -0.05) is 26.8 Å². The summed E-state index contributed by atoms with van der Waals surface area (Å²) in [4.78, 5) is 23.1. The summed E-state index contributed by atoms with van der Waals surface area (Å²) in [5.74, 6) is -0.715. The standard InChI is InChI=1S/C15H27NO4/c1-14(2,3)12(13(18)20-15(4,5)6)16-10-8-9-11(17)19-7/h8-9,12,16H,10H2,1-7H3/t12-/m1/s1. The van der Waals surface area contributed by atoms with Crippen molar-refractivity contribution in [3.63, 3.8) is 0 Å². The normalized spacial score (nSPS) is 14.2. The van der Waals surface area contributed by atoms with E-state index in [0.29, 0.717) is 6.54 Å². The van der Waals surface area contributed by atoms with E-state index in [1.165, 1.54) is 13.2 Å². The van der Waals surface area contributed by atoms with Crippen molar-refractivity contribution in [1.29, 1.82) is 0 Å². The van der Waals surface area contributed by atoms with E-state index in [2.05, 4.69) is 10.1 Å². The van der Waals surface area contributed by atoms with E-state index in [4.69, 9.17) is 4.74 Å². The molecule has 1 N–H and O–H groups in total. The molecule has 0 fully saturated rings. The molecule has 0 aromatic carbocycles. The number of nitrogens with one attached hydrogen (secondary N) is 1. The smallest absolute Gasteiger partial charge is 0.330 e. The van der Waals surface area contributed by atoms with E-state index in [0.717, 1.165) is 0 Å². The maximum Gasteiger partial charge on any atom is 0.330 e. The topological polar surface area (TPSA) is 64.6 Å². The average molecular weight is 285 g/mol. The molecule has 0 rings (SSSR count). The van der Waals surface area contributed by atoms with Crippen molar-refractivity contribution in [3.8, 4) is 0 Å². The Balaban J connectivity index is 4.64. The van der Waals surface area contributed by atoms with Crippen LogP contribution in [0.25, 0.3) is 0 Å². The van der Waals surface area contributed by atoms with Crippen molar-refractivity contribution in [1.82, 2.24) is 5.32 Å². The highest BCUT2D eigenvalue weighted by Gasteiger charge is 2.34. The molecule has 0 radical (unpaired) electrons. The zero-order chi connectivity index (χ0) is 16.0. The lowest BCUT2D eigenvalue weighted by atomic mass is 9.86. The Hall–Kier alpha value is -1.36. The van der Waals surface area contributed by atoms with Gasteiger partial charge < -0.3 is 14.8 Å². The minimum Gasteiger partial charge on any atom is -0.466 e. The van der Waals surface area contributed by atoms with Gasteiger partial charge >= 0.3 is 11.9 Å². The molecule has 0 amide bonds. The summed E-state index contributed by atoms with van der Waals surface area (Å²) in [5.41, 5.74) is -0.814. The van der Waals surface area contributed by atoms with Crippen molar-refractivity contribution in [2.75, 3.05) is 13.7 Å². The van der Waals surface area contributed by atoms with E-state index >= 15 is 0 Å². The summed E-state index contributed by atoms with van der Waals surface area (Å²) in [5, 5.41) is 3.09. The van der Waals surface area contributed by atoms with E-state index in [1.807, 2.05) is 41.5 Å². The van der Waals surface area contributed by atoms with Crippen molar-refractivity contribution in [2.24, 2.45) is 5.41 Å². The maximum atomic E-state index is 12.2. The molecule has 0 saturated heterocycles. The second kappa shape index (κ2) is 7.43. The number of carbonyl (C=O) groups excluding carboxylic acids is 2. The molecule has 0 aromatic rings. The van der Waals surface area contributed by atoms with Crippen LogP contribution < -0.4 is 5.32 Å². The van der Waals surface area contributed by atoms with Gasteiger partial charge in [0.05, 0.1) is 7.11 Å². The number of methoxy groups -OCH3 is 1. The van der Waals surface area contributed by atoms with Crippen molar-refractivity contribution >= 4 is 11.9 Å². The van der Waals surface area contributed by atoms with Gasteiger partial charge in [0.2, 0.25) is 0 Å². The van der Waals surface area contributed by atoms with Crippen LogP contribution in [0.1, 0.15) is 41.5 Å². The number of ether oxygens (including phenoxy) is 2. The van der Waals surface area contributed by atoms with E-state index in [-0.39, 0.29) is 11.4 Å². The van der Waals surface area contributed by atoms with Gasteiger partial charge in [-0.2, -0.15) is 0 Å². The second-order valence-electron chi connectivity index (χ2n) is 6.67. The highest BCUT2D eigenvalue weighted by Crippen LogP contribution is 2.22. The monoisotopic (exact) mass is 285 g/mol. The van der Waals surface area contributed by atoms with Gasteiger partial charge in [-0.25, -0.2) is 4.79 Å². The van der Waals surface area contributed by atoms with Gasteiger partial charge in [-0.15, -0.1) is 0 Å². The van der Waals surface area contributed by atoms with Crippen LogP contribution >= 0.6 is 0 Å². The van der Waals surface area contributed by atoms with E-state index in [9.17, 15) is 9.59 Å². The fraction of sp³-hybridized carbons (Fsp3) is 0.733. The van der Waals surface area contributed by atoms with Gasteiger partial charge in [-0.05, 0) is 26.2 Å². The first-order chi connectivity index (χ1) is 8.97. The van der Waals surface area contributed by atoms with Crippen LogP contribution in [0.3, 0.4) is 0 Å². The molecule has 116 valence electrons. The molecule has 0 heterocycles. The van der Waals surface area contributed by atoms with Crippen molar-refractivity contribution in [2.45, 2.75) is 53.2 Å². The minimum absolute atomic E-state index is 0.290. The lowest BCUT2D eigenvalue weighted by molar-refractivity contribution is -0.160. The summed E-state index contributed by atoms with van der Waals surface area (Å²) >= 11 is 0. The second-order valence-corrected chi connectivity index (χ2v) is 6.67. The Labute approximate surface area is 121 Å². The molecule has 0 spiro atoms. The largest absolute Gasteiger partial charge is 0.466 e. The maximum absolute atomic E-state index is 12.2. The van der Waals surface area contributed by atoms with Crippen LogP contribution in [0.5, 0.6) is 0 Å². The molecular weight excluding hydrogens is 258 g/mol. The lowest BCUT2D eigenvalue weighted by Gasteiger charge is -2.32. The number of esters is 2. The molecule has 5 heteroatoms. The Morgan fingerprint density at radius 2 is 1.70 bits per heavy atom. The van der Waals surface area contributed by atoms with Gasteiger partial charge in [0.15, 0.2) is 0 Å². The highest BCUT2D eigenvalue weighted by atomic mass is 16.6. The van der Waals surface area contributed by atoms with Crippen molar-refractivity contribution in [3.05, 3.63) is 12.2 Å². The fourth-order valence-corrected chi connectivity index (χ4v) is 1.51. The number of hydrogen-bond acceptors (Lipinski definition) is 5. The van der Waals surface area contributed by atoms with Crippen LogP contribution in [0, 0.1) is 5.41 Å². The van der Waals surface area contributed by atoms with Gasteiger partial charge in [0, 0.05) is 12.6 Å². The van der Waals surface area contributed by atoms with Crippen LogP contribution in [0.4, 0.5) is 0 Å². The highest BCUT2D eigenvalue weighted by molar-refractivity contribution is 5.81. The molecule has 0 aliphatic rings. The van der Waals surface area contributed by atoms with E-state index in [1.54, 1.807) is 6.08 Å². The van der Waals surface area contributed by atoms with Gasteiger partial charge in [0.1, 0.15) is 11.6 Å². The first kappa shape index (κ1) is 18.6. The summed E-state index contributed by atoms with van der Waals surface area (Å²) in [6.45, 7) is 11.8. The first-order valence-electron chi connectivity index (χ1n) is 6.68. The van der Waals surface area contributed by atoms with Gasteiger partial charge in [0.25, 0.3) is 0 Å². The average Bonchev–Trinajstić information content (AvgIpc) is 2.23. The molecular formula is C15H27NO4. The summed E-state index contributed by atoms with van der Waals surface area (Å²) in [7, 11) is 1.32. The number of hydrogen-bond donors (Lipinski definition) is 1. The van der Waals surface area contributed by atoms with Crippen molar-refractivity contribution < 1.29 is 19.1 Å². The first-order valence-corrected chi connectivity index (χ1v) is 6.68. The summed E-state index contributed by atoms with van der Waals surface area (Å²) in [6, 6.07) is -0.455. The molecule has 20 heavy (non-hydrogen) atoms. The molecule has 0 aliphatic carbocycles. The zero-order valence-electron chi connectivity index (χ0n) is 13.6. The third-order valence-corrected chi connectivity index (χ3v) is 2.40. The lowest BCUT2D eigenvalue weighted by Crippen LogP contribution is -2.49. The molecule has 0 bridgehead atoms. The van der Waals surface area contributed by atoms with Gasteiger partial charge in [-0.3, -0.25) is 4.79 Å². The zero-order valence-corrected chi connectivity index (χ0v) is 13.6. The number of carbonyl (C=O) groups is 2. The quantitative estimate of drug-likeness (QED) is 0.619. The minimum atomic E-state index is -0.524. The third-order valence-electron chi connectivity index (χ3n) is 2.40. The van der Waals surface area contributed by atoms with Crippen LogP contribution in [0.15, 0.2) is 12.2 Å². The molecule has 0 aromatic heterocycles. The molecule has 0 unspecified atom stereocenters. The van der Waals surface area contributed by atoms with E-state index < -0.39 is 17.6 Å². The molecule has 1 atom stereocenters. The SMILES string of the molecule is COC(=O)C=CCN[C@H](C(=O)OC(C)(C)C)C(C)(C)C. The fourth-order valence-electron chi connectivity index (χ4n) is 1.51. The van der Waals surface area contributed by atoms with Crippen LogP contribution in [-0.2, 0) is 19.1 Å². The summed E-state index contributed by atoms with van der Waals surface area (Å²) < 4.78 is 9.90. The predicted octanol–water partition coefficient (Wildman–Crippen LogP) is 2.06. The Morgan fingerprint density at radius 3 is 2.10 bits per heavy atom. The third kappa shape index (κ3) is 7.94. The Kier molecular flexibility index (Phi) is 6.92. The predicted molar refractivity (Wildman–Crippen MR) is 78.2 cm³/mol. The molecule has 0 aliphatic heterocycles. The van der Waals surface area contributed by atoms with Crippen LogP contribution in [-0.4, -0.2) is 37.2 Å². The Morgan fingerprint density at radius 1 is 1.15 bits per heavy atom. The van der Waals surface area contributed by atoms with Crippen LogP contribution in [0.2, 0.25) is 0 Å². The summed E-state index contributed by atoms with van der Waals surface area (Å²) in [6.07, 6.45) is 2.94. The molecule has 0 saturated carbocycles.